The maximum atomic E-state index is 12.5. The molecular formula is C23H18F3N7O2. The Bertz CT molecular complexity index is 1290. The van der Waals surface area contributed by atoms with Crippen LogP contribution in [0.2, 0.25) is 0 Å². The van der Waals surface area contributed by atoms with Gasteiger partial charge in [0.1, 0.15) is 23.8 Å². The third kappa shape index (κ3) is 7.05. The summed E-state index contributed by atoms with van der Waals surface area (Å²) in [6, 6.07) is 18.3. The quantitative estimate of drug-likeness (QED) is 0.260. The molecule has 0 aliphatic carbocycles. The molecule has 0 fully saturated rings. The molecule has 2 heterocycles. The van der Waals surface area contributed by atoms with E-state index in [0.717, 1.165) is 6.07 Å². The Hall–Kier alpha value is -4.87. The van der Waals surface area contributed by atoms with Crippen LogP contribution in [0.25, 0.3) is 0 Å². The van der Waals surface area contributed by atoms with E-state index in [-0.39, 0.29) is 5.69 Å². The van der Waals surface area contributed by atoms with E-state index >= 15 is 0 Å². The maximum Gasteiger partial charge on any atom is 0.573 e. The molecule has 35 heavy (non-hydrogen) atoms. The molecule has 0 saturated carbocycles. The molecule has 2 aromatic heterocycles. The first-order chi connectivity index (χ1) is 16.8. The lowest BCUT2D eigenvalue weighted by atomic mass is 10.2. The smallest absolute Gasteiger partial charge is 0.404 e. The van der Waals surface area contributed by atoms with Crippen LogP contribution in [0.4, 0.5) is 52.5 Å². The number of alkyl halides is 3. The van der Waals surface area contributed by atoms with Crippen LogP contribution in [-0.2, 0) is 0 Å². The van der Waals surface area contributed by atoms with Crippen molar-refractivity contribution in [2.75, 3.05) is 21.3 Å². The molecule has 4 rings (SSSR count). The SMILES string of the molecule is O=C(Nc1ccc(Nc2cc(Nc3ccccn3)ncn2)cc1)Nc1ccccc1OC(F)(F)F. The zero-order valence-corrected chi connectivity index (χ0v) is 17.9. The summed E-state index contributed by atoms with van der Waals surface area (Å²) in [5, 5.41) is 11.1. The second kappa shape index (κ2) is 10.4. The first-order valence-electron chi connectivity index (χ1n) is 10.1. The highest BCUT2D eigenvalue weighted by molar-refractivity contribution is 6.00. The number of urea groups is 1. The molecule has 2 aromatic carbocycles. The summed E-state index contributed by atoms with van der Waals surface area (Å²) in [6.07, 6.45) is -1.82. The molecule has 0 unspecified atom stereocenters. The molecule has 4 aromatic rings. The molecule has 0 spiro atoms. The highest BCUT2D eigenvalue weighted by Crippen LogP contribution is 2.30. The van der Waals surface area contributed by atoms with Crippen molar-refractivity contribution < 1.29 is 22.7 Å². The number of para-hydroxylation sites is 2. The summed E-state index contributed by atoms with van der Waals surface area (Å²) in [4.78, 5) is 24.8. The Balaban J connectivity index is 1.35. The van der Waals surface area contributed by atoms with Gasteiger partial charge < -0.3 is 26.0 Å². The average molecular weight is 481 g/mol. The maximum absolute atomic E-state index is 12.5. The van der Waals surface area contributed by atoms with E-state index in [2.05, 4.69) is 41.0 Å². The van der Waals surface area contributed by atoms with Gasteiger partial charge in [-0.3, -0.25) is 0 Å². The fourth-order valence-electron chi connectivity index (χ4n) is 2.91. The van der Waals surface area contributed by atoms with Gasteiger partial charge in [-0.1, -0.05) is 18.2 Å². The third-order valence-corrected chi connectivity index (χ3v) is 4.36. The first-order valence-corrected chi connectivity index (χ1v) is 10.1. The molecular weight excluding hydrogens is 463 g/mol. The van der Waals surface area contributed by atoms with Crippen LogP contribution in [0.3, 0.4) is 0 Å². The molecule has 12 heteroatoms. The Morgan fingerprint density at radius 2 is 1.43 bits per heavy atom. The second-order valence-corrected chi connectivity index (χ2v) is 6.95. The predicted octanol–water partition coefficient (Wildman–Crippen LogP) is 5.90. The normalized spacial score (nSPS) is 10.8. The Morgan fingerprint density at radius 3 is 2.14 bits per heavy atom. The van der Waals surface area contributed by atoms with E-state index in [1.165, 1.54) is 24.5 Å². The topological polar surface area (TPSA) is 113 Å². The summed E-state index contributed by atoms with van der Waals surface area (Å²) >= 11 is 0. The summed E-state index contributed by atoms with van der Waals surface area (Å²) in [5.74, 6) is 1.19. The molecule has 178 valence electrons. The standard InChI is InChI=1S/C23H18F3N7O2/c24-23(25,26)35-18-6-2-1-5-17(18)32-22(34)31-16-10-8-15(9-11-16)30-20-13-21(29-14-28-20)33-19-7-3-4-12-27-19/h1-14H,(H2,31,32,34)(H2,27,28,29,30,33). The molecule has 9 nitrogen and oxygen atoms in total. The minimum atomic E-state index is -4.88. The largest absolute Gasteiger partial charge is 0.573 e. The number of benzene rings is 2. The number of aromatic nitrogens is 3. The summed E-state index contributed by atoms with van der Waals surface area (Å²) < 4.78 is 41.6. The zero-order valence-electron chi connectivity index (χ0n) is 17.9. The molecule has 0 aliphatic rings. The number of ether oxygens (including phenoxy) is 1. The van der Waals surface area contributed by atoms with Gasteiger partial charge in [0, 0.05) is 23.6 Å². The number of amides is 2. The van der Waals surface area contributed by atoms with Crippen LogP contribution in [0.5, 0.6) is 5.75 Å². The van der Waals surface area contributed by atoms with Crippen molar-refractivity contribution in [3.63, 3.8) is 0 Å². The van der Waals surface area contributed by atoms with Crippen LogP contribution in [0.15, 0.2) is 85.3 Å². The van der Waals surface area contributed by atoms with Gasteiger partial charge in [0.15, 0.2) is 5.75 Å². The summed E-state index contributed by atoms with van der Waals surface area (Å²) in [5.41, 5.74) is 0.976. The highest BCUT2D eigenvalue weighted by atomic mass is 19.4. The molecule has 0 atom stereocenters. The van der Waals surface area contributed by atoms with Gasteiger partial charge in [-0.05, 0) is 48.5 Å². The molecule has 0 aliphatic heterocycles. The van der Waals surface area contributed by atoms with Crippen molar-refractivity contribution in [2.45, 2.75) is 6.36 Å². The number of nitrogens with zero attached hydrogens (tertiary/aromatic N) is 3. The molecule has 0 radical (unpaired) electrons. The number of halogens is 3. The van der Waals surface area contributed by atoms with Crippen molar-refractivity contribution >= 4 is 40.5 Å². The van der Waals surface area contributed by atoms with E-state index in [9.17, 15) is 18.0 Å². The first kappa shape index (κ1) is 23.3. The van der Waals surface area contributed by atoms with Gasteiger partial charge in [-0.2, -0.15) is 0 Å². The summed E-state index contributed by atoms with van der Waals surface area (Å²) in [7, 11) is 0. The van der Waals surface area contributed by atoms with Crippen molar-refractivity contribution in [2.24, 2.45) is 0 Å². The van der Waals surface area contributed by atoms with E-state index in [4.69, 9.17) is 0 Å². The fourth-order valence-corrected chi connectivity index (χ4v) is 2.91. The Labute approximate surface area is 197 Å². The molecule has 0 saturated heterocycles. The van der Waals surface area contributed by atoms with E-state index < -0.39 is 18.1 Å². The third-order valence-electron chi connectivity index (χ3n) is 4.36. The van der Waals surface area contributed by atoms with Crippen LogP contribution in [-0.4, -0.2) is 27.3 Å². The van der Waals surface area contributed by atoms with Crippen LogP contribution < -0.4 is 26.0 Å². The van der Waals surface area contributed by atoms with Gasteiger partial charge in [0.05, 0.1) is 5.69 Å². The highest BCUT2D eigenvalue weighted by Gasteiger charge is 2.32. The number of hydrogen-bond donors (Lipinski definition) is 4. The van der Waals surface area contributed by atoms with Crippen LogP contribution >= 0.6 is 0 Å². The Morgan fingerprint density at radius 1 is 0.743 bits per heavy atom. The predicted molar refractivity (Wildman–Crippen MR) is 125 cm³/mol. The monoisotopic (exact) mass is 481 g/mol. The number of carbonyl (C=O) groups excluding carboxylic acids is 1. The van der Waals surface area contributed by atoms with E-state index in [1.54, 1.807) is 42.6 Å². The van der Waals surface area contributed by atoms with E-state index in [1.807, 2.05) is 12.1 Å². The lowest BCUT2D eigenvalue weighted by molar-refractivity contribution is -0.274. The summed E-state index contributed by atoms with van der Waals surface area (Å²) in [6.45, 7) is 0. The van der Waals surface area contributed by atoms with Crippen molar-refractivity contribution in [1.29, 1.82) is 0 Å². The lowest BCUT2D eigenvalue weighted by Gasteiger charge is -2.14. The minimum absolute atomic E-state index is 0.125. The number of pyridine rings is 1. The second-order valence-electron chi connectivity index (χ2n) is 6.95. The Kier molecular flexibility index (Phi) is 6.91. The zero-order chi connectivity index (χ0) is 24.7. The van der Waals surface area contributed by atoms with Crippen molar-refractivity contribution in [3.05, 3.63) is 85.3 Å². The average Bonchev–Trinajstić information content (AvgIpc) is 2.82. The number of carbonyl (C=O) groups is 1. The number of hydrogen-bond acceptors (Lipinski definition) is 7. The van der Waals surface area contributed by atoms with Gasteiger partial charge in [-0.25, -0.2) is 19.7 Å². The number of rotatable bonds is 7. The van der Waals surface area contributed by atoms with E-state index in [0.29, 0.717) is 28.8 Å². The number of anilines is 6. The van der Waals surface area contributed by atoms with Gasteiger partial charge in [-0.15, -0.1) is 13.2 Å². The lowest BCUT2D eigenvalue weighted by Crippen LogP contribution is -2.22. The van der Waals surface area contributed by atoms with Crippen LogP contribution in [0, 0.1) is 0 Å². The van der Waals surface area contributed by atoms with Crippen molar-refractivity contribution in [3.8, 4) is 5.75 Å². The van der Waals surface area contributed by atoms with Gasteiger partial charge in [0.25, 0.3) is 0 Å². The molecule has 4 N–H and O–H groups in total. The van der Waals surface area contributed by atoms with Crippen molar-refractivity contribution in [1.82, 2.24) is 15.0 Å². The fraction of sp³-hybridized carbons (Fsp3) is 0.0435. The van der Waals surface area contributed by atoms with Gasteiger partial charge >= 0.3 is 12.4 Å². The van der Waals surface area contributed by atoms with Gasteiger partial charge in [0.2, 0.25) is 0 Å². The van der Waals surface area contributed by atoms with Crippen LogP contribution in [0.1, 0.15) is 0 Å². The minimum Gasteiger partial charge on any atom is -0.404 e. The molecule has 0 bridgehead atoms. The number of nitrogens with one attached hydrogen (secondary N) is 4. The molecule has 2 amide bonds.